The molecule has 16 heteroatoms. The molecule has 3 aromatic rings. The first-order valence-electron chi connectivity index (χ1n) is 13.2. The van der Waals surface area contributed by atoms with Gasteiger partial charge < -0.3 is 9.64 Å². The third-order valence-corrected chi connectivity index (χ3v) is 9.72. The molecule has 3 aliphatic rings. The number of fused-ring (bicyclic) bond motifs is 6. The Hall–Kier alpha value is -3.27. The van der Waals surface area contributed by atoms with Gasteiger partial charge in [0.25, 0.3) is 15.9 Å². The van der Waals surface area contributed by atoms with Gasteiger partial charge in [-0.2, -0.15) is 31.8 Å². The summed E-state index contributed by atoms with van der Waals surface area (Å²) < 4.78 is 76.8. The molecule has 0 radical (unpaired) electrons. The van der Waals surface area contributed by atoms with Crippen molar-refractivity contribution in [1.82, 2.24) is 29.3 Å². The molecule has 1 aliphatic carbocycles. The number of carbonyl (C=O) groups excluding carboxylic acids is 1. The summed E-state index contributed by atoms with van der Waals surface area (Å²) in [5, 5.41) is 8.81. The van der Waals surface area contributed by atoms with Crippen molar-refractivity contribution >= 4 is 35.2 Å². The normalized spacial score (nSPS) is 23.3. The molecular formula is C26H32F3N7O4S2. The van der Waals surface area contributed by atoms with E-state index in [0.717, 1.165) is 0 Å². The zero-order chi connectivity index (χ0) is 29.6. The minimum atomic E-state index is -4.25. The number of alkyl halides is 3. The zero-order valence-electron chi connectivity index (χ0n) is 23.5. The summed E-state index contributed by atoms with van der Waals surface area (Å²) in [6.07, 6.45) is -0.671. The number of nitrogens with zero attached hydrogens (tertiary/aromatic N) is 6. The minimum absolute atomic E-state index is 0. The average molecular weight is 628 g/mol. The van der Waals surface area contributed by atoms with Gasteiger partial charge >= 0.3 is 6.18 Å². The molecule has 1 saturated carbocycles. The Bertz CT molecular complexity index is 1660. The number of halogens is 3. The van der Waals surface area contributed by atoms with Gasteiger partial charge in [-0.25, -0.2) is 22.8 Å². The summed E-state index contributed by atoms with van der Waals surface area (Å²) in [6, 6.07) is 4.54. The molecule has 1 N–H and O–H groups in total. The summed E-state index contributed by atoms with van der Waals surface area (Å²) in [7, 11) is -2.59. The predicted octanol–water partition coefficient (Wildman–Crippen LogP) is 3.60. The quantitative estimate of drug-likeness (QED) is 0.455. The van der Waals surface area contributed by atoms with E-state index in [1.54, 1.807) is 13.2 Å². The lowest BCUT2D eigenvalue weighted by molar-refractivity contribution is -0.190. The fraction of sp³-hybridized carbons (Fsp3) is 0.538. The first-order valence-corrected chi connectivity index (χ1v) is 14.7. The van der Waals surface area contributed by atoms with E-state index in [1.807, 2.05) is 25.7 Å². The third kappa shape index (κ3) is 4.91. The van der Waals surface area contributed by atoms with E-state index in [2.05, 4.69) is 14.9 Å². The lowest BCUT2D eigenvalue weighted by Crippen LogP contribution is -2.42. The SMILES string of the molecule is Cn1cc2c(n1)[C@@]1(C)CN(c3nc(-n4ccc(OCCC5(C(F)(F)F)CC5)n4)ccc3C(=O)NS2(=O)=O)C(C)(C)C1.S. The number of aromatic nitrogens is 5. The molecule has 2 bridgehead atoms. The molecule has 3 aromatic heterocycles. The molecule has 11 nitrogen and oxygen atoms in total. The molecular weight excluding hydrogens is 595 g/mol. The van der Waals surface area contributed by atoms with Gasteiger partial charge in [0.05, 0.1) is 23.3 Å². The first-order chi connectivity index (χ1) is 19.0. The Morgan fingerprint density at radius 3 is 2.50 bits per heavy atom. The van der Waals surface area contributed by atoms with Crippen molar-refractivity contribution in [3.05, 3.63) is 41.9 Å². The van der Waals surface area contributed by atoms with Crippen molar-refractivity contribution in [1.29, 1.82) is 0 Å². The number of amides is 1. The number of ether oxygens (including phenoxy) is 1. The van der Waals surface area contributed by atoms with Crippen molar-refractivity contribution < 1.29 is 31.1 Å². The van der Waals surface area contributed by atoms with E-state index in [-0.39, 0.29) is 61.5 Å². The first kappa shape index (κ1) is 30.2. The van der Waals surface area contributed by atoms with Gasteiger partial charge in [0.15, 0.2) is 5.82 Å². The van der Waals surface area contributed by atoms with E-state index in [1.165, 1.54) is 33.8 Å². The van der Waals surface area contributed by atoms with E-state index < -0.39 is 38.5 Å². The van der Waals surface area contributed by atoms with Crippen molar-refractivity contribution in [2.75, 3.05) is 18.1 Å². The Balaban J connectivity index is 0.00000353. The summed E-state index contributed by atoms with van der Waals surface area (Å²) in [6.45, 7) is 6.17. The molecule has 1 saturated heterocycles. The van der Waals surface area contributed by atoms with Crippen LogP contribution in [0.25, 0.3) is 5.82 Å². The fourth-order valence-corrected chi connectivity index (χ4v) is 7.44. The summed E-state index contributed by atoms with van der Waals surface area (Å²) in [5.41, 5.74) is -2.42. The highest BCUT2D eigenvalue weighted by atomic mass is 32.2. The van der Waals surface area contributed by atoms with Crippen LogP contribution in [0.15, 0.2) is 35.5 Å². The van der Waals surface area contributed by atoms with E-state index in [0.29, 0.717) is 24.5 Å². The third-order valence-electron chi connectivity index (χ3n) is 8.39. The smallest absolute Gasteiger partial charge is 0.394 e. The predicted molar refractivity (Wildman–Crippen MR) is 151 cm³/mol. The van der Waals surface area contributed by atoms with E-state index >= 15 is 0 Å². The van der Waals surface area contributed by atoms with Gasteiger partial charge in [0.1, 0.15) is 10.7 Å². The standard InChI is InChI=1S/C26H30F3N7O4S.H2S/c1-23(2)14-24(3)15-35(23)21-16(22(37)33-41(38,39)17-13-34(4)32-20(17)24)5-6-18(30-21)36-11-7-19(31-36)40-12-10-25(8-9-25)26(27,28)29;/h5-7,11,13H,8-10,12,14-15H2,1-4H3,(H,33,37);1H2/t24-;/m1./s1. The number of rotatable bonds is 5. The second kappa shape index (κ2) is 9.62. The Labute approximate surface area is 247 Å². The number of sulfonamides is 1. The fourth-order valence-electron chi connectivity index (χ4n) is 6.14. The van der Waals surface area contributed by atoms with Crippen LogP contribution in [0.3, 0.4) is 0 Å². The van der Waals surface area contributed by atoms with Crippen LogP contribution in [0, 0.1) is 5.41 Å². The number of anilines is 1. The number of pyridine rings is 1. The minimum Gasteiger partial charge on any atom is -0.477 e. The monoisotopic (exact) mass is 627 g/mol. The zero-order valence-corrected chi connectivity index (χ0v) is 25.3. The number of aryl methyl sites for hydroxylation is 1. The van der Waals surface area contributed by atoms with Gasteiger partial charge in [-0.05, 0) is 51.7 Å². The van der Waals surface area contributed by atoms with E-state index in [4.69, 9.17) is 9.72 Å². The molecule has 2 aliphatic heterocycles. The molecule has 0 aromatic carbocycles. The summed E-state index contributed by atoms with van der Waals surface area (Å²) in [4.78, 5) is 20.0. The maximum absolute atomic E-state index is 13.3. The van der Waals surface area contributed by atoms with Crippen molar-refractivity contribution in [3.63, 3.8) is 0 Å². The number of hydrogen-bond donors (Lipinski definition) is 1. The molecule has 0 spiro atoms. The van der Waals surface area contributed by atoms with Gasteiger partial charge in [0, 0.05) is 43.0 Å². The van der Waals surface area contributed by atoms with Crippen LogP contribution in [-0.4, -0.2) is 63.7 Å². The van der Waals surface area contributed by atoms with Crippen molar-refractivity contribution in [2.24, 2.45) is 12.5 Å². The van der Waals surface area contributed by atoms with Crippen LogP contribution < -0.4 is 14.4 Å². The molecule has 0 unspecified atom stereocenters. The van der Waals surface area contributed by atoms with Crippen LogP contribution >= 0.6 is 13.5 Å². The molecule has 1 atom stereocenters. The van der Waals surface area contributed by atoms with Gasteiger partial charge in [-0.1, -0.05) is 6.92 Å². The van der Waals surface area contributed by atoms with Crippen LogP contribution in [-0.2, 0) is 22.5 Å². The summed E-state index contributed by atoms with van der Waals surface area (Å²) >= 11 is 0. The number of hydrogen-bond acceptors (Lipinski definition) is 8. The van der Waals surface area contributed by atoms with Gasteiger partial charge in [-0.3, -0.25) is 9.48 Å². The number of carbonyl (C=O) groups is 1. The Kier molecular flexibility index (Phi) is 6.92. The number of nitrogens with one attached hydrogen (secondary N) is 1. The molecule has 5 heterocycles. The lowest BCUT2D eigenvalue weighted by atomic mass is 9.81. The van der Waals surface area contributed by atoms with Crippen molar-refractivity contribution in [3.8, 4) is 11.7 Å². The lowest BCUT2D eigenvalue weighted by Gasteiger charge is -2.34. The summed E-state index contributed by atoms with van der Waals surface area (Å²) in [5.74, 6) is -0.0842. The highest BCUT2D eigenvalue weighted by Gasteiger charge is 2.62. The molecule has 1 amide bonds. The Morgan fingerprint density at radius 1 is 1.12 bits per heavy atom. The van der Waals surface area contributed by atoms with Crippen molar-refractivity contribution in [2.45, 2.75) is 68.5 Å². The Morgan fingerprint density at radius 2 is 1.83 bits per heavy atom. The van der Waals surface area contributed by atoms with Crippen LogP contribution in [0.5, 0.6) is 5.88 Å². The molecule has 42 heavy (non-hydrogen) atoms. The van der Waals surface area contributed by atoms with Crippen LogP contribution in [0.1, 0.15) is 62.5 Å². The maximum atomic E-state index is 13.3. The maximum Gasteiger partial charge on any atom is 0.394 e. The second-order valence-corrected chi connectivity index (χ2v) is 13.8. The second-order valence-electron chi connectivity index (χ2n) is 12.1. The van der Waals surface area contributed by atoms with E-state index in [9.17, 15) is 26.4 Å². The van der Waals surface area contributed by atoms with Gasteiger partial charge in [0.2, 0.25) is 5.88 Å². The average Bonchev–Trinajstić information content (AvgIpc) is 3.21. The molecule has 6 rings (SSSR count). The van der Waals surface area contributed by atoms with Crippen LogP contribution in [0.2, 0.25) is 0 Å². The molecule has 228 valence electrons. The van der Waals surface area contributed by atoms with Gasteiger partial charge in [-0.15, -0.1) is 5.10 Å². The highest BCUT2D eigenvalue weighted by Crippen LogP contribution is 2.59. The largest absolute Gasteiger partial charge is 0.477 e. The molecule has 2 fully saturated rings. The highest BCUT2D eigenvalue weighted by molar-refractivity contribution is 7.90. The van der Waals surface area contributed by atoms with Crippen LogP contribution in [0.4, 0.5) is 19.0 Å². The topological polar surface area (TPSA) is 124 Å².